The topological polar surface area (TPSA) is 114 Å². The van der Waals surface area contributed by atoms with Gasteiger partial charge in [-0.15, -0.1) is 5.10 Å². The van der Waals surface area contributed by atoms with Gasteiger partial charge < -0.3 is 23.9 Å². The molecule has 11 heteroatoms. The van der Waals surface area contributed by atoms with Gasteiger partial charge in [0.25, 0.3) is 0 Å². The Bertz CT molecular complexity index is 1400. The van der Waals surface area contributed by atoms with Crippen molar-refractivity contribution in [2.75, 3.05) is 14.2 Å². The largest absolute Gasteiger partial charge is 0.493 e. The fourth-order valence-corrected chi connectivity index (χ4v) is 4.81. The number of para-hydroxylation sites is 1. The molecule has 1 aliphatic rings. The summed E-state index contributed by atoms with van der Waals surface area (Å²) < 4.78 is 21.5. The van der Waals surface area contributed by atoms with Crippen LogP contribution in [-0.4, -0.2) is 50.1 Å². The van der Waals surface area contributed by atoms with Gasteiger partial charge in [0.15, 0.2) is 17.3 Å². The second kappa shape index (κ2) is 10.00. The van der Waals surface area contributed by atoms with E-state index < -0.39 is 12.1 Å². The van der Waals surface area contributed by atoms with Crippen LogP contribution in [0.4, 0.5) is 0 Å². The molecule has 2 aromatic carbocycles. The molecule has 1 N–H and O–H groups in total. The summed E-state index contributed by atoms with van der Waals surface area (Å²) in [5.74, 6) is 0.627. The number of aromatic nitrogens is 5. The molecule has 2 atom stereocenters. The first kappa shape index (κ1) is 23.8. The molecule has 5 rings (SSSR count). The Kier molecular flexibility index (Phi) is 6.62. The smallest absolute Gasteiger partial charge is 0.325 e. The Labute approximate surface area is 212 Å². The highest BCUT2D eigenvalue weighted by atomic mass is 35.5. The van der Waals surface area contributed by atoms with Crippen LogP contribution in [0, 0.1) is 0 Å². The number of tetrazole rings is 1. The minimum absolute atomic E-state index is 0.308. The van der Waals surface area contributed by atoms with Gasteiger partial charge in [0.1, 0.15) is 12.6 Å². The number of hydrogen-bond acceptors (Lipinski definition) is 7. The van der Waals surface area contributed by atoms with Crippen molar-refractivity contribution >= 4 is 17.6 Å². The molecule has 0 saturated carbocycles. The molecule has 0 amide bonds. The summed E-state index contributed by atoms with van der Waals surface area (Å²) in [5, 5.41) is 21.2. The number of ether oxygens (including phenoxy) is 3. The number of benzene rings is 2. The van der Waals surface area contributed by atoms with E-state index in [0.717, 1.165) is 22.5 Å². The van der Waals surface area contributed by atoms with Gasteiger partial charge in [-0.05, 0) is 53.2 Å². The number of aryl methyl sites for hydroxylation is 1. The highest BCUT2D eigenvalue weighted by Gasteiger charge is 2.33. The highest BCUT2D eigenvalue weighted by molar-refractivity contribution is 6.30. The molecule has 2 aromatic heterocycles. The highest BCUT2D eigenvalue weighted by Crippen LogP contribution is 2.46. The van der Waals surface area contributed by atoms with E-state index in [2.05, 4.69) is 20.1 Å². The Morgan fingerprint density at radius 2 is 2.00 bits per heavy atom. The molecule has 4 aromatic rings. The van der Waals surface area contributed by atoms with Crippen molar-refractivity contribution in [3.63, 3.8) is 0 Å². The quantitative estimate of drug-likeness (QED) is 0.379. The van der Waals surface area contributed by atoms with Gasteiger partial charge in [0.2, 0.25) is 0 Å². The first-order valence-electron chi connectivity index (χ1n) is 11.3. The third-order valence-corrected chi connectivity index (χ3v) is 6.41. The average molecular weight is 510 g/mol. The lowest BCUT2D eigenvalue weighted by Gasteiger charge is -2.25. The van der Waals surface area contributed by atoms with Crippen molar-refractivity contribution < 1.29 is 24.1 Å². The van der Waals surface area contributed by atoms with Crippen LogP contribution >= 0.6 is 11.6 Å². The molecular weight excluding hydrogens is 486 g/mol. The van der Waals surface area contributed by atoms with E-state index in [1.807, 2.05) is 54.7 Å². The summed E-state index contributed by atoms with van der Waals surface area (Å²) in [6.07, 6.45) is 2.01. The van der Waals surface area contributed by atoms with E-state index in [9.17, 15) is 4.79 Å². The second-order valence-electron chi connectivity index (χ2n) is 8.28. The van der Waals surface area contributed by atoms with E-state index in [4.69, 9.17) is 30.9 Å². The monoisotopic (exact) mass is 509 g/mol. The van der Waals surface area contributed by atoms with E-state index in [0.29, 0.717) is 35.2 Å². The molecule has 0 radical (unpaired) electrons. The molecule has 0 spiro atoms. The van der Waals surface area contributed by atoms with Gasteiger partial charge >= 0.3 is 5.97 Å². The molecule has 1 aliphatic heterocycles. The number of carboxylic acid groups (broad SMARTS) is 1. The molecule has 10 nitrogen and oxygen atoms in total. The minimum atomic E-state index is -1.01. The number of carboxylic acids is 1. The van der Waals surface area contributed by atoms with Crippen LogP contribution < -0.4 is 9.47 Å². The van der Waals surface area contributed by atoms with Crippen molar-refractivity contribution in [3.8, 4) is 17.2 Å². The van der Waals surface area contributed by atoms with Gasteiger partial charge in [-0.25, -0.2) is 4.68 Å². The summed E-state index contributed by atoms with van der Waals surface area (Å²) in [6.45, 7) is -0.308. The number of nitrogens with zero attached hydrogens (tertiary/aromatic N) is 5. The SMILES string of the molecule is COc1cccc([C@H]2O[C@H](CCc3nnnn3CC(=O)O)c3cccn3-c3ccc(Cl)cc32)c1OC. The zero-order chi connectivity index (χ0) is 25.2. The summed E-state index contributed by atoms with van der Waals surface area (Å²) in [7, 11) is 3.19. The lowest BCUT2D eigenvalue weighted by molar-refractivity contribution is -0.138. The first-order chi connectivity index (χ1) is 17.5. The average Bonchev–Trinajstić information content (AvgIpc) is 3.50. The standard InChI is InChI=1S/C25H24ClN5O5/c1-34-21-7-3-5-16(25(21)35-2)24-17-13-15(26)8-9-18(17)30-12-4-6-19(30)20(36-24)10-11-22-27-28-29-31(22)14-23(32)33/h3-9,12-13,20,24H,10-11,14H2,1-2H3,(H,32,33)/t20-,24-/m1/s1. The molecule has 0 bridgehead atoms. The van der Waals surface area contributed by atoms with Crippen molar-refractivity contribution in [2.24, 2.45) is 0 Å². The second-order valence-corrected chi connectivity index (χ2v) is 8.72. The minimum Gasteiger partial charge on any atom is -0.493 e. The number of halogens is 1. The predicted molar refractivity (Wildman–Crippen MR) is 130 cm³/mol. The maximum Gasteiger partial charge on any atom is 0.325 e. The summed E-state index contributed by atoms with van der Waals surface area (Å²) in [4.78, 5) is 11.2. The van der Waals surface area contributed by atoms with Crippen LogP contribution in [0.25, 0.3) is 5.69 Å². The van der Waals surface area contributed by atoms with E-state index in [-0.39, 0.29) is 12.6 Å². The number of fused-ring (bicyclic) bond motifs is 3. The Morgan fingerprint density at radius 3 is 2.78 bits per heavy atom. The van der Waals surface area contributed by atoms with Crippen LogP contribution in [0.2, 0.25) is 5.02 Å². The summed E-state index contributed by atoms with van der Waals surface area (Å²) in [5.41, 5.74) is 3.56. The molecular formula is C25H24ClN5O5. The fraction of sp³-hybridized carbons (Fsp3) is 0.280. The number of aliphatic carboxylic acids is 1. The zero-order valence-electron chi connectivity index (χ0n) is 19.7. The lowest BCUT2D eigenvalue weighted by Crippen LogP contribution is -2.16. The molecule has 0 unspecified atom stereocenters. The van der Waals surface area contributed by atoms with Gasteiger partial charge in [-0.1, -0.05) is 23.7 Å². The zero-order valence-corrected chi connectivity index (χ0v) is 20.4. The maximum atomic E-state index is 11.2. The number of carbonyl (C=O) groups is 1. The van der Waals surface area contributed by atoms with Gasteiger partial charge in [-0.3, -0.25) is 4.79 Å². The van der Waals surface area contributed by atoms with Crippen LogP contribution in [0.5, 0.6) is 11.5 Å². The Balaban J connectivity index is 1.58. The van der Waals surface area contributed by atoms with Crippen molar-refractivity contribution in [1.29, 1.82) is 0 Å². The Hall–Kier alpha value is -3.89. The van der Waals surface area contributed by atoms with E-state index in [1.54, 1.807) is 14.2 Å². The van der Waals surface area contributed by atoms with Gasteiger partial charge in [-0.2, -0.15) is 0 Å². The third-order valence-electron chi connectivity index (χ3n) is 6.18. The van der Waals surface area contributed by atoms with Crippen LogP contribution in [0.1, 0.15) is 41.3 Å². The summed E-state index contributed by atoms with van der Waals surface area (Å²) in [6, 6.07) is 15.4. The number of methoxy groups -OCH3 is 2. The molecule has 0 aliphatic carbocycles. The third kappa shape index (κ3) is 4.40. The van der Waals surface area contributed by atoms with Crippen LogP contribution in [-0.2, 0) is 22.5 Å². The molecule has 0 fully saturated rings. The molecule has 36 heavy (non-hydrogen) atoms. The van der Waals surface area contributed by atoms with Gasteiger partial charge in [0.05, 0.1) is 31.7 Å². The maximum absolute atomic E-state index is 11.2. The normalized spacial score (nSPS) is 16.6. The van der Waals surface area contributed by atoms with Crippen molar-refractivity contribution in [3.05, 3.63) is 82.4 Å². The Morgan fingerprint density at radius 1 is 1.14 bits per heavy atom. The van der Waals surface area contributed by atoms with Crippen LogP contribution in [0.3, 0.4) is 0 Å². The lowest BCUT2D eigenvalue weighted by atomic mass is 9.98. The number of hydrogen-bond donors (Lipinski definition) is 1. The van der Waals surface area contributed by atoms with E-state index >= 15 is 0 Å². The summed E-state index contributed by atoms with van der Waals surface area (Å²) >= 11 is 6.45. The van der Waals surface area contributed by atoms with Crippen molar-refractivity contribution in [1.82, 2.24) is 24.8 Å². The molecule has 3 heterocycles. The van der Waals surface area contributed by atoms with Crippen LogP contribution in [0.15, 0.2) is 54.7 Å². The number of rotatable bonds is 8. The first-order valence-corrected chi connectivity index (χ1v) is 11.7. The van der Waals surface area contributed by atoms with Gasteiger partial charge in [0, 0.05) is 28.8 Å². The predicted octanol–water partition coefficient (Wildman–Crippen LogP) is 4.01. The van der Waals surface area contributed by atoms with E-state index in [1.165, 1.54) is 4.68 Å². The molecule has 186 valence electrons. The van der Waals surface area contributed by atoms with Crippen molar-refractivity contribution in [2.45, 2.75) is 31.6 Å². The fourth-order valence-electron chi connectivity index (χ4n) is 4.63. The molecule has 0 saturated heterocycles.